The van der Waals surface area contributed by atoms with Gasteiger partial charge in [0, 0.05) is 30.9 Å². The number of aromatic nitrogens is 2. The Morgan fingerprint density at radius 3 is 2.77 bits per heavy atom. The number of amides is 1. The third kappa shape index (κ3) is 4.45. The lowest BCUT2D eigenvalue weighted by Gasteiger charge is -2.39. The van der Waals surface area contributed by atoms with Gasteiger partial charge in [0.15, 0.2) is 0 Å². The highest BCUT2D eigenvalue weighted by molar-refractivity contribution is 5.99. The molecule has 1 aliphatic heterocycles. The van der Waals surface area contributed by atoms with Gasteiger partial charge in [0.1, 0.15) is 17.3 Å². The second kappa shape index (κ2) is 9.98. The molecule has 0 saturated carbocycles. The number of carbonyl (C=O) groups excluding carboxylic acids is 1. The van der Waals surface area contributed by atoms with Crippen molar-refractivity contribution in [3.8, 4) is 17.2 Å². The molecule has 1 aliphatic carbocycles. The van der Waals surface area contributed by atoms with Gasteiger partial charge in [0.25, 0.3) is 0 Å². The van der Waals surface area contributed by atoms with Crippen LogP contribution in [0.1, 0.15) is 61.2 Å². The first-order valence-electron chi connectivity index (χ1n) is 12.5. The minimum atomic E-state index is 0.107. The summed E-state index contributed by atoms with van der Waals surface area (Å²) in [6.45, 7) is 2.88. The van der Waals surface area contributed by atoms with Crippen LogP contribution in [0.4, 0.5) is 0 Å². The fourth-order valence-electron chi connectivity index (χ4n) is 5.47. The molecule has 182 valence electrons. The quantitative estimate of drug-likeness (QED) is 0.443. The van der Waals surface area contributed by atoms with E-state index in [0.717, 1.165) is 79.2 Å². The van der Waals surface area contributed by atoms with Crippen LogP contribution in [0.15, 0.2) is 54.4 Å². The Hall–Kier alpha value is -3.54. The van der Waals surface area contributed by atoms with Crippen LogP contribution in [-0.4, -0.2) is 41.1 Å². The van der Waals surface area contributed by atoms with Crippen LogP contribution in [0.3, 0.4) is 0 Å². The molecule has 5 rings (SSSR count). The molecule has 1 unspecified atom stereocenters. The summed E-state index contributed by atoms with van der Waals surface area (Å²) in [5.41, 5.74) is 5.35. The molecule has 1 fully saturated rings. The van der Waals surface area contributed by atoms with Crippen molar-refractivity contribution in [2.24, 2.45) is 0 Å². The minimum Gasteiger partial charge on any atom is -0.497 e. The van der Waals surface area contributed by atoms with Crippen LogP contribution >= 0.6 is 0 Å². The van der Waals surface area contributed by atoms with E-state index in [0.29, 0.717) is 0 Å². The third-order valence-electron chi connectivity index (χ3n) is 7.23. The molecule has 0 N–H and O–H groups in total. The highest BCUT2D eigenvalue weighted by Gasteiger charge is 2.33. The summed E-state index contributed by atoms with van der Waals surface area (Å²) in [6, 6.07) is 12.5. The second-order valence-electron chi connectivity index (χ2n) is 9.24. The van der Waals surface area contributed by atoms with Gasteiger partial charge in [-0.2, -0.15) is 0 Å². The SMILES string of the molecule is CCc1nccn1-c1ccc(C=C2CCCN(C3CCCc4ccc(OC)cc43)C2=O)cc1OC. The summed E-state index contributed by atoms with van der Waals surface area (Å²) in [5.74, 6) is 2.74. The molecule has 2 aromatic carbocycles. The Morgan fingerprint density at radius 1 is 1.09 bits per heavy atom. The van der Waals surface area contributed by atoms with Crippen molar-refractivity contribution in [2.75, 3.05) is 20.8 Å². The number of carbonyl (C=O) groups is 1. The lowest BCUT2D eigenvalue weighted by Crippen LogP contribution is -2.41. The molecular weight excluding hydrogens is 438 g/mol. The van der Waals surface area contributed by atoms with Gasteiger partial charge in [0.05, 0.1) is 25.9 Å². The first kappa shape index (κ1) is 23.2. The summed E-state index contributed by atoms with van der Waals surface area (Å²) in [6.07, 6.45) is 11.5. The van der Waals surface area contributed by atoms with Gasteiger partial charge in [-0.05, 0) is 79.1 Å². The lowest BCUT2D eigenvalue weighted by atomic mass is 9.85. The fourth-order valence-corrected chi connectivity index (χ4v) is 5.47. The highest BCUT2D eigenvalue weighted by atomic mass is 16.5. The molecule has 3 aromatic rings. The normalized spacial score (nSPS) is 19.1. The Bertz CT molecular complexity index is 1260. The number of likely N-dealkylation sites (tertiary alicyclic amines) is 1. The molecule has 1 aromatic heterocycles. The smallest absolute Gasteiger partial charge is 0.250 e. The molecule has 2 aliphatic rings. The zero-order chi connectivity index (χ0) is 24.4. The maximum Gasteiger partial charge on any atom is 0.250 e. The topological polar surface area (TPSA) is 56.6 Å². The van der Waals surface area contributed by atoms with Crippen molar-refractivity contribution in [3.05, 3.63) is 76.9 Å². The van der Waals surface area contributed by atoms with E-state index in [-0.39, 0.29) is 11.9 Å². The van der Waals surface area contributed by atoms with Gasteiger partial charge in [-0.25, -0.2) is 4.98 Å². The molecular formula is C29H33N3O3. The van der Waals surface area contributed by atoms with E-state index in [9.17, 15) is 4.79 Å². The van der Waals surface area contributed by atoms with Gasteiger partial charge >= 0.3 is 0 Å². The first-order valence-corrected chi connectivity index (χ1v) is 12.5. The average molecular weight is 472 g/mol. The predicted octanol–water partition coefficient (Wildman–Crippen LogP) is 5.54. The Morgan fingerprint density at radius 2 is 1.97 bits per heavy atom. The van der Waals surface area contributed by atoms with Gasteiger partial charge in [-0.1, -0.05) is 19.1 Å². The Kier molecular flexibility index (Phi) is 6.62. The van der Waals surface area contributed by atoms with Crippen molar-refractivity contribution in [3.63, 3.8) is 0 Å². The molecule has 1 saturated heterocycles. The van der Waals surface area contributed by atoms with E-state index < -0.39 is 0 Å². The lowest BCUT2D eigenvalue weighted by molar-refractivity contribution is -0.131. The van der Waals surface area contributed by atoms with Crippen LogP contribution in [0.25, 0.3) is 11.8 Å². The number of piperidine rings is 1. The zero-order valence-electron chi connectivity index (χ0n) is 20.8. The van der Waals surface area contributed by atoms with Crippen LogP contribution in [0.5, 0.6) is 11.5 Å². The van der Waals surface area contributed by atoms with Gasteiger partial charge < -0.3 is 18.9 Å². The van der Waals surface area contributed by atoms with Crippen LogP contribution in [0, 0.1) is 0 Å². The number of imidazole rings is 1. The predicted molar refractivity (Wildman–Crippen MR) is 137 cm³/mol. The largest absolute Gasteiger partial charge is 0.497 e. The molecule has 0 spiro atoms. The van der Waals surface area contributed by atoms with E-state index in [1.807, 2.05) is 36.7 Å². The van der Waals surface area contributed by atoms with Gasteiger partial charge in [-0.15, -0.1) is 0 Å². The number of hydrogen-bond acceptors (Lipinski definition) is 4. The number of aryl methyl sites for hydroxylation is 2. The van der Waals surface area contributed by atoms with E-state index in [1.165, 1.54) is 11.1 Å². The number of ether oxygens (including phenoxy) is 2. The minimum absolute atomic E-state index is 0.107. The van der Waals surface area contributed by atoms with Gasteiger partial charge in [0.2, 0.25) is 5.91 Å². The first-order chi connectivity index (χ1) is 17.1. The summed E-state index contributed by atoms with van der Waals surface area (Å²) in [4.78, 5) is 20.2. The van der Waals surface area contributed by atoms with Crippen molar-refractivity contribution in [1.82, 2.24) is 14.5 Å². The molecule has 35 heavy (non-hydrogen) atoms. The Labute approximate surface area is 207 Å². The van der Waals surface area contributed by atoms with E-state index in [4.69, 9.17) is 9.47 Å². The number of rotatable bonds is 6. The highest BCUT2D eigenvalue weighted by Crippen LogP contribution is 2.39. The number of fused-ring (bicyclic) bond motifs is 1. The van der Waals surface area contributed by atoms with Gasteiger partial charge in [-0.3, -0.25) is 4.79 Å². The summed E-state index contributed by atoms with van der Waals surface area (Å²) >= 11 is 0. The fraction of sp³-hybridized carbons (Fsp3) is 0.379. The summed E-state index contributed by atoms with van der Waals surface area (Å²) in [5, 5.41) is 0. The van der Waals surface area contributed by atoms with Crippen molar-refractivity contribution >= 4 is 12.0 Å². The van der Waals surface area contributed by atoms with Crippen molar-refractivity contribution in [1.29, 1.82) is 0 Å². The second-order valence-corrected chi connectivity index (χ2v) is 9.24. The van der Waals surface area contributed by atoms with Crippen molar-refractivity contribution in [2.45, 2.75) is 51.5 Å². The molecule has 6 nitrogen and oxygen atoms in total. The van der Waals surface area contributed by atoms with Crippen molar-refractivity contribution < 1.29 is 14.3 Å². The van der Waals surface area contributed by atoms with Crippen LogP contribution in [0.2, 0.25) is 0 Å². The summed E-state index contributed by atoms with van der Waals surface area (Å²) in [7, 11) is 3.38. The number of benzene rings is 2. The standard InChI is InChI=1S/C29H33N3O3/c1-4-28-30-14-16-31(28)26-13-10-20(18-27(26)35-3)17-22-8-6-15-32(29(22)33)25-9-5-7-21-11-12-23(34-2)19-24(21)25/h10-14,16-19,25H,4-9,15H2,1-3H3. The van der Waals surface area contributed by atoms with E-state index >= 15 is 0 Å². The Balaban J connectivity index is 1.44. The van der Waals surface area contributed by atoms with E-state index in [1.54, 1.807) is 14.2 Å². The van der Waals surface area contributed by atoms with E-state index in [2.05, 4.69) is 39.6 Å². The zero-order valence-corrected chi connectivity index (χ0v) is 20.8. The average Bonchev–Trinajstić information content (AvgIpc) is 3.38. The molecule has 0 bridgehead atoms. The molecule has 2 heterocycles. The molecule has 0 radical (unpaired) electrons. The van der Waals surface area contributed by atoms with Crippen LogP contribution in [-0.2, 0) is 17.6 Å². The van der Waals surface area contributed by atoms with Crippen LogP contribution < -0.4 is 9.47 Å². The molecule has 1 atom stereocenters. The monoisotopic (exact) mass is 471 g/mol. The number of nitrogens with zero attached hydrogens (tertiary/aromatic N) is 3. The summed E-state index contributed by atoms with van der Waals surface area (Å²) < 4.78 is 13.3. The molecule has 6 heteroatoms. The third-order valence-corrected chi connectivity index (χ3v) is 7.23. The maximum atomic E-state index is 13.7. The molecule has 1 amide bonds. The number of hydrogen-bond donors (Lipinski definition) is 0. The maximum absolute atomic E-state index is 13.7. The number of methoxy groups -OCH3 is 2.